The molecule has 1 aromatic heterocycles. The lowest BCUT2D eigenvalue weighted by atomic mass is 10.0. The third kappa shape index (κ3) is 6.34. The number of rotatable bonds is 8. The summed E-state index contributed by atoms with van der Waals surface area (Å²) in [6.07, 6.45) is 9.27. The number of aryl methyl sites for hydroxylation is 1. The maximum Gasteiger partial charge on any atom is 0.191 e. The normalized spacial score (nSPS) is 16.2. The van der Waals surface area contributed by atoms with Gasteiger partial charge in [-0.2, -0.15) is 0 Å². The maximum absolute atomic E-state index is 4.69. The molecule has 0 atom stereocenters. The second kappa shape index (κ2) is 9.82. The van der Waals surface area contributed by atoms with Crippen molar-refractivity contribution < 1.29 is 0 Å². The molecule has 1 saturated carbocycles. The zero-order chi connectivity index (χ0) is 15.6. The molecule has 1 aromatic rings. The van der Waals surface area contributed by atoms with E-state index < -0.39 is 0 Å². The van der Waals surface area contributed by atoms with Crippen molar-refractivity contribution in [3.05, 3.63) is 16.1 Å². The van der Waals surface area contributed by atoms with Crippen LogP contribution in [0, 0.1) is 12.8 Å². The smallest absolute Gasteiger partial charge is 0.191 e. The summed E-state index contributed by atoms with van der Waals surface area (Å²) in [5, 5.41) is 10.0. The Hall–Kier alpha value is -1.10. The number of nitrogens with one attached hydrogen (secondary N) is 2. The van der Waals surface area contributed by atoms with Crippen LogP contribution >= 0.6 is 11.3 Å². The molecule has 2 rings (SSSR count). The lowest BCUT2D eigenvalue weighted by Gasteiger charge is -2.11. The van der Waals surface area contributed by atoms with Crippen molar-refractivity contribution in [1.29, 1.82) is 0 Å². The van der Waals surface area contributed by atoms with Gasteiger partial charge >= 0.3 is 0 Å². The average Bonchev–Trinajstić information content (AvgIpc) is 3.15. The van der Waals surface area contributed by atoms with Crippen molar-refractivity contribution in [2.24, 2.45) is 10.9 Å². The Labute approximate surface area is 138 Å². The van der Waals surface area contributed by atoms with Crippen molar-refractivity contribution in [3.63, 3.8) is 0 Å². The van der Waals surface area contributed by atoms with Crippen LogP contribution in [0.5, 0.6) is 0 Å². The molecule has 1 heterocycles. The van der Waals surface area contributed by atoms with Crippen LogP contribution in [-0.4, -0.2) is 30.6 Å². The first kappa shape index (κ1) is 17.3. The highest BCUT2D eigenvalue weighted by Crippen LogP contribution is 2.28. The summed E-state index contributed by atoms with van der Waals surface area (Å²) < 4.78 is 0. The quantitative estimate of drug-likeness (QED) is 0.437. The van der Waals surface area contributed by atoms with E-state index in [2.05, 4.69) is 39.8 Å². The largest absolute Gasteiger partial charge is 0.357 e. The van der Waals surface area contributed by atoms with Gasteiger partial charge in [0, 0.05) is 31.4 Å². The lowest BCUT2D eigenvalue weighted by molar-refractivity contribution is 0.487. The molecule has 2 N–H and O–H groups in total. The van der Waals surface area contributed by atoms with E-state index in [9.17, 15) is 0 Å². The van der Waals surface area contributed by atoms with E-state index in [4.69, 9.17) is 0 Å². The number of aromatic nitrogens is 1. The summed E-state index contributed by atoms with van der Waals surface area (Å²) in [4.78, 5) is 9.18. The molecule has 1 fully saturated rings. The molecule has 0 aromatic carbocycles. The topological polar surface area (TPSA) is 49.3 Å². The Balaban J connectivity index is 1.65. The molecular weight excluding hydrogens is 292 g/mol. The van der Waals surface area contributed by atoms with Crippen LogP contribution < -0.4 is 10.6 Å². The Morgan fingerprint density at radius 1 is 1.36 bits per heavy atom. The first-order valence-electron chi connectivity index (χ1n) is 8.71. The van der Waals surface area contributed by atoms with Gasteiger partial charge in [0.05, 0.1) is 10.7 Å². The van der Waals surface area contributed by atoms with E-state index in [1.54, 1.807) is 11.3 Å². The van der Waals surface area contributed by atoms with E-state index in [0.29, 0.717) is 0 Å². The van der Waals surface area contributed by atoms with Crippen molar-refractivity contribution in [2.75, 3.05) is 19.6 Å². The first-order chi connectivity index (χ1) is 10.8. The summed E-state index contributed by atoms with van der Waals surface area (Å²) in [6.45, 7) is 6.89. The molecule has 0 radical (unpaired) electrons. The monoisotopic (exact) mass is 322 g/mol. The van der Waals surface area contributed by atoms with Crippen LogP contribution in [0.1, 0.15) is 56.2 Å². The van der Waals surface area contributed by atoms with E-state index in [0.717, 1.165) is 42.9 Å². The minimum absolute atomic E-state index is 0.887. The highest BCUT2D eigenvalue weighted by atomic mass is 32.1. The van der Waals surface area contributed by atoms with Crippen molar-refractivity contribution in [3.8, 4) is 0 Å². The molecule has 0 bridgehead atoms. The molecule has 124 valence electrons. The Kier molecular flexibility index (Phi) is 7.71. The van der Waals surface area contributed by atoms with Gasteiger partial charge in [0.15, 0.2) is 5.96 Å². The summed E-state index contributed by atoms with van der Waals surface area (Å²) in [7, 11) is 0. The van der Waals surface area contributed by atoms with E-state index in [1.165, 1.54) is 44.2 Å². The fourth-order valence-corrected chi connectivity index (χ4v) is 3.69. The molecule has 0 unspecified atom stereocenters. The number of hydrogen-bond donors (Lipinski definition) is 2. The van der Waals surface area contributed by atoms with E-state index >= 15 is 0 Å². The Morgan fingerprint density at radius 2 is 2.18 bits per heavy atom. The van der Waals surface area contributed by atoms with Crippen molar-refractivity contribution >= 4 is 17.3 Å². The van der Waals surface area contributed by atoms with E-state index in [1.807, 2.05) is 0 Å². The van der Waals surface area contributed by atoms with Crippen LogP contribution in [0.25, 0.3) is 0 Å². The molecule has 0 spiro atoms. The fraction of sp³-hybridized carbons (Fsp3) is 0.765. The van der Waals surface area contributed by atoms with Gasteiger partial charge < -0.3 is 10.6 Å². The molecule has 22 heavy (non-hydrogen) atoms. The SMILES string of the molecule is CCNC(=NCCCC1CCCC1)NCCc1csc(C)n1. The third-order valence-electron chi connectivity index (χ3n) is 4.20. The fourth-order valence-electron chi connectivity index (χ4n) is 3.04. The standard InChI is InChI=1S/C17H30N4S/c1-3-18-17(19-11-6-9-15-7-4-5-8-15)20-12-10-16-13-22-14(2)21-16/h13,15H,3-12H2,1-2H3,(H2,18,19,20). The number of hydrogen-bond acceptors (Lipinski definition) is 3. The van der Waals surface area contributed by atoms with Crippen molar-refractivity contribution in [1.82, 2.24) is 15.6 Å². The summed E-state index contributed by atoms with van der Waals surface area (Å²) in [5.74, 6) is 1.92. The van der Waals surface area contributed by atoms with Crippen LogP contribution in [0.4, 0.5) is 0 Å². The number of nitrogens with zero attached hydrogens (tertiary/aromatic N) is 2. The van der Waals surface area contributed by atoms with Gasteiger partial charge in [-0.1, -0.05) is 25.7 Å². The predicted octanol–water partition coefficient (Wildman–Crippen LogP) is 3.52. The molecule has 4 nitrogen and oxygen atoms in total. The first-order valence-corrected chi connectivity index (χ1v) is 9.59. The number of guanidine groups is 1. The highest BCUT2D eigenvalue weighted by molar-refractivity contribution is 7.09. The van der Waals surface area contributed by atoms with Gasteiger partial charge in [-0.25, -0.2) is 4.98 Å². The number of thiazole rings is 1. The predicted molar refractivity (Wildman–Crippen MR) is 95.7 cm³/mol. The van der Waals surface area contributed by atoms with Gasteiger partial charge in [-0.3, -0.25) is 4.99 Å². The minimum Gasteiger partial charge on any atom is -0.357 e. The van der Waals surface area contributed by atoms with Crippen LogP contribution in [-0.2, 0) is 6.42 Å². The zero-order valence-corrected chi connectivity index (χ0v) is 14.8. The molecular formula is C17H30N4S. The molecule has 1 aliphatic carbocycles. The van der Waals surface area contributed by atoms with Gasteiger partial charge in [-0.05, 0) is 32.6 Å². The van der Waals surface area contributed by atoms with Crippen LogP contribution in [0.15, 0.2) is 10.4 Å². The molecule has 5 heteroatoms. The summed E-state index contributed by atoms with van der Waals surface area (Å²) >= 11 is 1.72. The van der Waals surface area contributed by atoms with Crippen LogP contribution in [0.2, 0.25) is 0 Å². The van der Waals surface area contributed by atoms with Gasteiger partial charge in [0.25, 0.3) is 0 Å². The Morgan fingerprint density at radius 3 is 2.86 bits per heavy atom. The number of aliphatic imine (C=N–C) groups is 1. The summed E-state index contributed by atoms with van der Waals surface area (Å²) in [6, 6.07) is 0. The average molecular weight is 323 g/mol. The molecule has 0 aliphatic heterocycles. The van der Waals surface area contributed by atoms with Gasteiger partial charge in [0.1, 0.15) is 0 Å². The van der Waals surface area contributed by atoms with Gasteiger partial charge in [0.2, 0.25) is 0 Å². The third-order valence-corrected chi connectivity index (χ3v) is 5.02. The second-order valence-corrected chi connectivity index (χ2v) is 7.15. The molecule has 0 saturated heterocycles. The van der Waals surface area contributed by atoms with E-state index in [-0.39, 0.29) is 0 Å². The zero-order valence-electron chi connectivity index (χ0n) is 14.0. The summed E-state index contributed by atoms with van der Waals surface area (Å²) in [5.41, 5.74) is 1.17. The van der Waals surface area contributed by atoms with Crippen LogP contribution in [0.3, 0.4) is 0 Å². The maximum atomic E-state index is 4.69. The highest BCUT2D eigenvalue weighted by Gasteiger charge is 2.13. The van der Waals surface area contributed by atoms with Gasteiger partial charge in [-0.15, -0.1) is 11.3 Å². The van der Waals surface area contributed by atoms with Crippen molar-refractivity contribution in [2.45, 2.75) is 58.8 Å². The Bertz CT molecular complexity index is 449. The molecule has 0 amide bonds. The molecule has 1 aliphatic rings. The lowest BCUT2D eigenvalue weighted by Crippen LogP contribution is -2.38. The minimum atomic E-state index is 0.887. The second-order valence-electron chi connectivity index (χ2n) is 6.09.